The summed E-state index contributed by atoms with van der Waals surface area (Å²) < 4.78 is 0. The summed E-state index contributed by atoms with van der Waals surface area (Å²) in [6, 6.07) is 11.1. The first kappa shape index (κ1) is 21.4. The normalized spacial score (nSPS) is 15.7. The maximum absolute atomic E-state index is 13.2. The molecule has 0 unspecified atom stereocenters. The Morgan fingerprint density at radius 1 is 1.23 bits per heavy atom. The maximum Gasteiger partial charge on any atom is 0.273 e. The molecule has 162 valence electrons. The first-order valence-corrected chi connectivity index (χ1v) is 10.8. The lowest BCUT2D eigenvalue weighted by atomic mass is 9.93. The van der Waals surface area contributed by atoms with Crippen molar-refractivity contribution < 1.29 is 15.0 Å². The highest BCUT2D eigenvalue weighted by Gasteiger charge is 2.42. The van der Waals surface area contributed by atoms with Gasteiger partial charge in [0.2, 0.25) is 0 Å². The number of hydrogen-bond donors (Lipinski definition) is 3. The summed E-state index contributed by atoms with van der Waals surface area (Å²) in [4.78, 5) is 14.9. The molecule has 1 aliphatic heterocycles. The highest BCUT2D eigenvalue weighted by Crippen LogP contribution is 2.45. The molecule has 3 N–H and O–H groups in total. The Labute approximate surface area is 186 Å². The number of aliphatic hydroxyl groups is 1. The van der Waals surface area contributed by atoms with Crippen molar-refractivity contribution in [3.63, 3.8) is 0 Å². The average Bonchev–Trinajstić information content (AvgIpc) is 3.28. The average molecular weight is 440 g/mol. The van der Waals surface area contributed by atoms with E-state index in [1.54, 1.807) is 17.0 Å². The van der Waals surface area contributed by atoms with Crippen molar-refractivity contribution in [1.29, 1.82) is 0 Å². The van der Waals surface area contributed by atoms with Gasteiger partial charge in [-0.25, -0.2) is 0 Å². The molecule has 4 rings (SSSR count). The molecule has 1 aromatic heterocycles. The molecule has 3 aromatic rings. The Morgan fingerprint density at radius 3 is 2.58 bits per heavy atom. The number of rotatable bonds is 6. The number of aryl methyl sites for hydroxylation is 1. The zero-order chi connectivity index (χ0) is 22.3. The molecule has 31 heavy (non-hydrogen) atoms. The Morgan fingerprint density at radius 2 is 1.94 bits per heavy atom. The monoisotopic (exact) mass is 439 g/mol. The Bertz CT molecular complexity index is 1120. The third-order valence-electron chi connectivity index (χ3n) is 5.87. The van der Waals surface area contributed by atoms with Crippen LogP contribution in [0.1, 0.15) is 65.0 Å². The standard InChI is InChI=1S/C24H26ClN3O3/c1-13(2)15-5-7-16(8-6-15)23-20-21(17-12-18(25)14(3)11-19(17)30)26-27-22(20)24(31)28(23)9-4-10-29/h5-8,11-13,23,29-30H,4,9-10H2,1-3H3,(H,26,27)/t23-/m0/s1. The number of benzene rings is 2. The van der Waals surface area contributed by atoms with Gasteiger partial charge in [0.1, 0.15) is 17.1 Å². The van der Waals surface area contributed by atoms with Gasteiger partial charge in [0.05, 0.1) is 6.04 Å². The second kappa shape index (κ2) is 8.36. The third-order valence-corrected chi connectivity index (χ3v) is 6.28. The van der Waals surface area contributed by atoms with Crippen LogP contribution >= 0.6 is 11.6 Å². The van der Waals surface area contributed by atoms with Crippen molar-refractivity contribution in [3.8, 4) is 17.0 Å². The zero-order valence-corrected chi connectivity index (χ0v) is 18.6. The Kier molecular flexibility index (Phi) is 5.77. The fourth-order valence-corrected chi connectivity index (χ4v) is 4.30. The second-order valence-corrected chi connectivity index (χ2v) is 8.69. The number of carbonyl (C=O) groups is 1. The van der Waals surface area contributed by atoms with Crippen LogP contribution in [0.2, 0.25) is 5.02 Å². The molecule has 7 heteroatoms. The van der Waals surface area contributed by atoms with Crippen LogP contribution in [0.4, 0.5) is 0 Å². The minimum absolute atomic E-state index is 0.00378. The molecule has 0 saturated carbocycles. The largest absolute Gasteiger partial charge is 0.507 e. The van der Waals surface area contributed by atoms with Gasteiger partial charge in [0.15, 0.2) is 0 Å². The van der Waals surface area contributed by atoms with Crippen molar-refractivity contribution in [1.82, 2.24) is 15.1 Å². The van der Waals surface area contributed by atoms with Crippen molar-refractivity contribution in [2.75, 3.05) is 13.2 Å². The van der Waals surface area contributed by atoms with Gasteiger partial charge in [-0.15, -0.1) is 0 Å². The molecule has 0 saturated heterocycles. The van der Waals surface area contributed by atoms with Crippen LogP contribution in [-0.2, 0) is 0 Å². The van der Waals surface area contributed by atoms with E-state index in [2.05, 4.69) is 36.2 Å². The first-order chi connectivity index (χ1) is 14.8. The number of nitrogens with zero attached hydrogens (tertiary/aromatic N) is 2. The number of aromatic hydroxyl groups is 1. The number of aliphatic hydroxyl groups excluding tert-OH is 1. The number of hydrogen-bond acceptors (Lipinski definition) is 4. The predicted octanol–water partition coefficient (Wildman–Crippen LogP) is 4.80. The van der Waals surface area contributed by atoms with Gasteiger partial charge in [-0.1, -0.05) is 49.7 Å². The Balaban J connectivity index is 1.87. The van der Waals surface area contributed by atoms with E-state index in [0.717, 1.165) is 16.7 Å². The van der Waals surface area contributed by atoms with Gasteiger partial charge in [-0.05, 0) is 48.1 Å². The fraction of sp³-hybridized carbons (Fsp3) is 0.333. The number of aromatic nitrogens is 2. The lowest BCUT2D eigenvalue weighted by Crippen LogP contribution is -2.31. The smallest absolute Gasteiger partial charge is 0.273 e. The van der Waals surface area contributed by atoms with Gasteiger partial charge in [0.25, 0.3) is 5.91 Å². The summed E-state index contributed by atoms with van der Waals surface area (Å²) in [7, 11) is 0. The maximum atomic E-state index is 13.2. The second-order valence-electron chi connectivity index (χ2n) is 8.28. The highest BCUT2D eigenvalue weighted by molar-refractivity contribution is 6.31. The molecule has 0 spiro atoms. The van der Waals surface area contributed by atoms with Gasteiger partial charge in [0, 0.05) is 29.3 Å². The van der Waals surface area contributed by atoms with Crippen LogP contribution in [0.25, 0.3) is 11.3 Å². The van der Waals surface area contributed by atoms with Gasteiger partial charge in [-0.2, -0.15) is 5.10 Å². The van der Waals surface area contributed by atoms with E-state index in [0.29, 0.717) is 40.9 Å². The molecule has 2 aromatic carbocycles. The third kappa shape index (κ3) is 3.70. The van der Waals surface area contributed by atoms with Gasteiger partial charge >= 0.3 is 0 Å². The van der Waals surface area contributed by atoms with E-state index in [1.165, 1.54) is 5.56 Å². The summed E-state index contributed by atoms with van der Waals surface area (Å²) in [5.74, 6) is 0.292. The Hall–Kier alpha value is -2.83. The number of carbonyl (C=O) groups excluding carboxylic acids is 1. The molecule has 1 atom stereocenters. The molecule has 6 nitrogen and oxygen atoms in total. The lowest BCUT2D eigenvalue weighted by molar-refractivity contribution is 0.0732. The van der Waals surface area contributed by atoms with E-state index >= 15 is 0 Å². The van der Waals surface area contributed by atoms with Crippen molar-refractivity contribution in [3.05, 3.63) is 69.4 Å². The zero-order valence-electron chi connectivity index (χ0n) is 17.8. The van der Waals surface area contributed by atoms with Crippen molar-refractivity contribution in [2.45, 2.75) is 39.2 Å². The van der Waals surface area contributed by atoms with Crippen LogP contribution in [0.5, 0.6) is 5.75 Å². The molecule has 0 aliphatic carbocycles. The van der Waals surface area contributed by atoms with Crippen LogP contribution in [0.3, 0.4) is 0 Å². The van der Waals surface area contributed by atoms with E-state index in [-0.39, 0.29) is 24.3 Å². The van der Waals surface area contributed by atoms with Crippen LogP contribution in [0.15, 0.2) is 36.4 Å². The number of phenols is 1. The van der Waals surface area contributed by atoms with E-state index < -0.39 is 0 Å². The number of aromatic amines is 1. The number of amides is 1. The quantitative estimate of drug-likeness (QED) is 0.514. The number of fused-ring (bicyclic) bond motifs is 1. The number of phenolic OH excluding ortho intramolecular Hbond substituents is 1. The first-order valence-electron chi connectivity index (χ1n) is 10.4. The van der Waals surface area contributed by atoms with E-state index in [9.17, 15) is 15.0 Å². The minimum atomic E-state index is -0.372. The van der Waals surface area contributed by atoms with Crippen molar-refractivity contribution >= 4 is 17.5 Å². The molecule has 0 fully saturated rings. The number of nitrogens with one attached hydrogen (secondary N) is 1. The summed E-state index contributed by atoms with van der Waals surface area (Å²) in [5, 5.41) is 27.7. The van der Waals surface area contributed by atoms with Gasteiger partial charge in [-0.3, -0.25) is 9.89 Å². The van der Waals surface area contributed by atoms with Crippen LogP contribution < -0.4 is 0 Å². The van der Waals surface area contributed by atoms with Crippen molar-refractivity contribution in [2.24, 2.45) is 0 Å². The van der Waals surface area contributed by atoms with Crippen LogP contribution in [-0.4, -0.2) is 44.4 Å². The molecule has 0 radical (unpaired) electrons. The molecule has 1 aliphatic rings. The summed E-state index contributed by atoms with van der Waals surface area (Å²) in [6.45, 7) is 6.50. The number of halogens is 1. The molecular weight excluding hydrogens is 414 g/mol. The molecule has 2 heterocycles. The van der Waals surface area contributed by atoms with E-state index in [4.69, 9.17) is 11.6 Å². The predicted molar refractivity (Wildman–Crippen MR) is 121 cm³/mol. The molecule has 1 amide bonds. The van der Waals surface area contributed by atoms with Crippen LogP contribution in [0, 0.1) is 6.92 Å². The summed E-state index contributed by atoms with van der Waals surface area (Å²) >= 11 is 6.33. The fourth-order valence-electron chi connectivity index (χ4n) is 4.14. The number of H-pyrrole nitrogens is 1. The SMILES string of the molecule is Cc1cc(O)c(-c2n[nH]c3c2[C@H](c2ccc(C(C)C)cc2)N(CCCO)C3=O)cc1Cl. The topological polar surface area (TPSA) is 89.5 Å². The molecular formula is C24H26ClN3O3. The molecule has 0 bridgehead atoms. The lowest BCUT2D eigenvalue weighted by Gasteiger charge is -2.26. The van der Waals surface area contributed by atoms with Gasteiger partial charge < -0.3 is 15.1 Å². The highest BCUT2D eigenvalue weighted by atomic mass is 35.5. The summed E-state index contributed by atoms with van der Waals surface area (Å²) in [6.07, 6.45) is 0.473. The minimum Gasteiger partial charge on any atom is -0.507 e. The summed E-state index contributed by atoms with van der Waals surface area (Å²) in [5.41, 5.74) is 5.04. The van der Waals surface area contributed by atoms with E-state index in [1.807, 2.05) is 19.1 Å².